The van der Waals surface area contributed by atoms with Gasteiger partial charge in [-0.3, -0.25) is 14.3 Å². The van der Waals surface area contributed by atoms with Gasteiger partial charge in [-0.2, -0.15) is 5.10 Å². The summed E-state index contributed by atoms with van der Waals surface area (Å²) in [6, 6.07) is 9.33. The van der Waals surface area contributed by atoms with Gasteiger partial charge in [-0.25, -0.2) is 4.98 Å². The summed E-state index contributed by atoms with van der Waals surface area (Å²) in [6.45, 7) is 3.19. The molecule has 2 aliphatic rings. The molecule has 0 aliphatic carbocycles. The minimum Gasteiger partial charge on any atom is -0.383 e. The van der Waals surface area contributed by atoms with E-state index in [1.165, 1.54) is 12.8 Å². The number of piperidine rings is 1. The summed E-state index contributed by atoms with van der Waals surface area (Å²) in [7, 11) is 1.83. The lowest BCUT2D eigenvalue weighted by Gasteiger charge is -2.19. The zero-order chi connectivity index (χ0) is 25.8. The van der Waals surface area contributed by atoms with Crippen molar-refractivity contribution >= 4 is 23.7 Å². The van der Waals surface area contributed by atoms with Crippen LogP contribution in [0.25, 0.3) is 17.2 Å². The van der Waals surface area contributed by atoms with Gasteiger partial charge in [-0.05, 0) is 62.0 Å². The lowest BCUT2D eigenvalue weighted by Crippen LogP contribution is -2.38. The highest BCUT2D eigenvalue weighted by molar-refractivity contribution is 6.00. The minimum atomic E-state index is -0.292. The Kier molecular flexibility index (Phi) is 7.32. The second-order valence-electron chi connectivity index (χ2n) is 9.84. The second-order valence-corrected chi connectivity index (χ2v) is 9.84. The summed E-state index contributed by atoms with van der Waals surface area (Å²) in [5.41, 5.74) is 9.71. The topological polar surface area (TPSA) is 118 Å². The third kappa shape index (κ3) is 5.89. The lowest BCUT2D eigenvalue weighted by atomic mass is 9.97. The van der Waals surface area contributed by atoms with Crippen LogP contribution in [0, 0.1) is 5.92 Å². The van der Waals surface area contributed by atoms with Crippen LogP contribution in [0.4, 0.5) is 5.82 Å². The quantitative estimate of drug-likeness (QED) is 0.480. The third-order valence-electron chi connectivity index (χ3n) is 7.11. The number of pyridine rings is 1. The number of amides is 2. The summed E-state index contributed by atoms with van der Waals surface area (Å²) in [4.78, 5) is 32.1. The number of nitrogen functional groups attached to an aromatic ring is 1. The van der Waals surface area contributed by atoms with Crippen LogP contribution in [-0.4, -0.2) is 63.7 Å². The van der Waals surface area contributed by atoms with Crippen LogP contribution in [-0.2, 0) is 7.05 Å². The molecular formula is C28H33N7O2. The van der Waals surface area contributed by atoms with Gasteiger partial charge in [0, 0.05) is 55.3 Å². The van der Waals surface area contributed by atoms with Crippen LogP contribution in [0.3, 0.4) is 0 Å². The van der Waals surface area contributed by atoms with E-state index in [0.717, 1.165) is 29.8 Å². The molecule has 1 atom stereocenters. The fourth-order valence-corrected chi connectivity index (χ4v) is 4.91. The number of anilines is 1. The molecule has 2 aliphatic heterocycles. The molecule has 2 saturated heterocycles. The first-order valence-corrected chi connectivity index (χ1v) is 12.8. The van der Waals surface area contributed by atoms with Gasteiger partial charge in [-0.1, -0.05) is 24.3 Å². The van der Waals surface area contributed by atoms with Crippen LogP contribution in [0.5, 0.6) is 0 Å². The fourth-order valence-electron chi connectivity index (χ4n) is 4.91. The van der Waals surface area contributed by atoms with Crippen LogP contribution >= 0.6 is 0 Å². The molecular weight excluding hydrogens is 466 g/mol. The number of benzene rings is 1. The SMILES string of the molecule is Cn1cc(-c2cnc(N)c(C(=O)N[C@@H]3CCN(C(=O)c4ccc(/C=C/C5CCNCC5)cc4)C3)c2)cn1. The summed E-state index contributed by atoms with van der Waals surface area (Å²) in [5.74, 6) is 0.471. The van der Waals surface area contributed by atoms with E-state index >= 15 is 0 Å². The molecule has 0 radical (unpaired) electrons. The van der Waals surface area contributed by atoms with Crippen molar-refractivity contribution in [1.29, 1.82) is 0 Å². The average Bonchev–Trinajstić information content (AvgIpc) is 3.57. The Labute approximate surface area is 216 Å². The predicted molar refractivity (Wildman–Crippen MR) is 144 cm³/mol. The smallest absolute Gasteiger partial charge is 0.255 e. The maximum atomic E-state index is 13.1. The van der Waals surface area contributed by atoms with E-state index in [2.05, 4.69) is 32.9 Å². The number of nitrogens with one attached hydrogen (secondary N) is 2. The number of carbonyl (C=O) groups excluding carboxylic acids is 2. The molecule has 2 amide bonds. The van der Waals surface area contributed by atoms with Crippen LogP contribution in [0.15, 0.2) is 55.0 Å². The van der Waals surface area contributed by atoms with Crippen molar-refractivity contribution in [3.8, 4) is 11.1 Å². The van der Waals surface area contributed by atoms with Crippen molar-refractivity contribution in [2.75, 3.05) is 31.9 Å². The molecule has 3 aromatic rings. The predicted octanol–water partition coefficient (Wildman–Crippen LogP) is 2.72. The van der Waals surface area contributed by atoms with Gasteiger partial charge < -0.3 is 21.3 Å². The average molecular weight is 500 g/mol. The monoisotopic (exact) mass is 499 g/mol. The van der Waals surface area contributed by atoms with Crippen molar-refractivity contribution in [3.05, 3.63) is 71.7 Å². The normalized spacial score (nSPS) is 18.4. The van der Waals surface area contributed by atoms with Crippen LogP contribution < -0.4 is 16.4 Å². The Morgan fingerprint density at radius 3 is 2.62 bits per heavy atom. The van der Waals surface area contributed by atoms with Crippen molar-refractivity contribution < 1.29 is 9.59 Å². The summed E-state index contributed by atoms with van der Waals surface area (Å²) < 4.78 is 1.69. The Balaban J connectivity index is 1.17. The molecule has 1 aromatic carbocycles. The van der Waals surface area contributed by atoms with Gasteiger partial charge in [-0.15, -0.1) is 0 Å². The molecule has 2 fully saturated rings. The summed E-state index contributed by atoms with van der Waals surface area (Å²) >= 11 is 0. The molecule has 37 heavy (non-hydrogen) atoms. The highest BCUT2D eigenvalue weighted by Gasteiger charge is 2.29. The maximum Gasteiger partial charge on any atom is 0.255 e. The zero-order valence-corrected chi connectivity index (χ0v) is 21.1. The van der Waals surface area contributed by atoms with E-state index in [1.54, 1.807) is 28.0 Å². The highest BCUT2D eigenvalue weighted by Crippen LogP contribution is 2.22. The number of hydrogen-bond donors (Lipinski definition) is 3. The van der Waals surface area contributed by atoms with Gasteiger partial charge in [0.05, 0.1) is 11.8 Å². The number of aromatic nitrogens is 3. The molecule has 5 rings (SSSR count). The number of rotatable bonds is 6. The molecule has 9 heteroatoms. The molecule has 2 aromatic heterocycles. The van der Waals surface area contributed by atoms with E-state index < -0.39 is 0 Å². The van der Waals surface area contributed by atoms with Gasteiger partial charge in [0.15, 0.2) is 0 Å². The van der Waals surface area contributed by atoms with Crippen molar-refractivity contribution in [2.45, 2.75) is 25.3 Å². The van der Waals surface area contributed by atoms with Gasteiger partial charge in [0.2, 0.25) is 0 Å². The third-order valence-corrected chi connectivity index (χ3v) is 7.11. The van der Waals surface area contributed by atoms with E-state index in [9.17, 15) is 9.59 Å². The first kappa shape index (κ1) is 24.7. The van der Waals surface area contributed by atoms with Gasteiger partial charge in [0.1, 0.15) is 5.82 Å². The molecule has 4 N–H and O–H groups in total. The molecule has 0 unspecified atom stereocenters. The van der Waals surface area contributed by atoms with E-state index in [1.807, 2.05) is 37.5 Å². The van der Waals surface area contributed by atoms with Crippen LogP contribution in [0.2, 0.25) is 0 Å². The van der Waals surface area contributed by atoms with Crippen molar-refractivity contribution in [2.24, 2.45) is 13.0 Å². The molecule has 0 saturated carbocycles. The Bertz CT molecular complexity index is 1290. The molecule has 4 heterocycles. The van der Waals surface area contributed by atoms with Gasteiger partial charge >= 0.3 is 0 Å². The van der Waals surface area contributed by atoms with Crippen LogP contribution in [0.1, 0.15) is 45.5 Å². The molecule has 0 bridgehead atoms. The number of nitrogens with zero attached hydrogens (tertiary/aromatic N) is 4. The van der Waals surface area contributed by atoms with E-state index in [4.69, 9.17) is 5.73 Å². The maximum absolute atomic E-state index is 13.1. The van der Waals surface area contributed by atoms with Crippen molar-refractivity contribution in [3.63, 3.8) is 0 Å². The number of likely N-dealkylation sites (tertiary alicyclic amines) is 1. The molecule has 9 nitrogen and oxygen atoms in total. The van der Waals surface area contributed by atoms with Crippen molar-refractivity contribution in [1.82, 2.24) is 30.3 Å². The second kappa shape index (κ2) is 11.0. The summed E-state index contributed by atoms with van der Waals surface area (Å²) in [5, 5.41) is 10.6. The van der Waals surface area contributed by atoms with E-state index in [0.29, 0.717) is 36.6 Å². The first-order valence-electron chi connectivity index (χ1n) is 12.8. The van der Waals surface area contributed by atoms with Gasteiger partial charge in [0.25, 0.3) is 11.8 Å². The Morgan fingerprint density at radius 2 is 1.89 bits per heavy atom. The zero-order valence-electron chi connectivity index (χ0n) is 21.1. The largest absolute Gasteiger partial charge is 0.383 e. The Morgan fingerprint density at radius 1 is 1.11 bits per heavy atom. The minimum absolute atomic E-state index is 0.0228. The van der Waals surface area contributed by atoms with E-state index in [-0.39, 0.29) is 23.7 Å². The number of carbonyl (C=O) groups is 2. The first-order chi connectivity index (χ1) is 18.0. The fraction of sp³-hybridized carbons (Fsp3) is 0.357. The number of nitrogens with two attached hydrogens (primary N) is 1. The standard InChI is InChI=1S/C28H33N7O2/c1-34-17-23(16-32-34)22-14-25(26(29)31-15-22)27(36)33-24-10-13-35(18-24)28(37)21-6-4-19(5-7-21)2-3-20-8-11-30-12-9-20/h2-7,14-17,20,24,30H,8-13,18H2,1H3,(H2,29,31)(H,33,36)/b3-2+/t24-/m1/s1. The molecule has 0 spiro atoms. The summed E-state index contributed by atoms with van der Waals surface area (Å²) in [6.07, 6.45) is 12.6. The molecule has 192 valence electrons. The number of hydrogen-bond acceptors (Lipinski definition) is 6. The number of allylic oxidation sites excluding steroid dienone is 1. The number of aryl methyl sites for hydroxylation is 1. The lowest BCUT2D eigenvalue weighted by molar-refractivity contribution is 0.0783. The highest BCUT2D eigenvalue weighted by atomic mass is 16.2. The Hall–Kier alpha value is -3.98.